The van der Waals surface area contributed by atoms with Crippen LogP contribution in [0.15, 0.2) is 24.3 Å². The van der Waals surface area contributed by atoms with Gasteiger partial charge in [-0.05, 0) is 57.0 Å². The lowest BCUT2D eigenvalue weighted by atomic mass is 9.84. The molecule has 2 saturated heterocycles. The van der Waals surface area contributed by atoms with Gasteiger partial charge in [-0.2, -0.15) is 13.2 Å². The first-order valence-electron chi connectivity index (χ1n) is 9.24. The zero-order valence-corrected chi connectivity index (χ0v) is 14.9. The van der Waals surface area contributed by atoms with Crippen LogP contribution in [0.4, 0.5) is 18.0 Å². The van der Waals surface area contributed by atoms with Gasteiger partial charge in [-0.3, -0.25) is 15.0 Å². The van der Waals surface area contributed by atoms with Crippen molar-refractivity contribution >= 4 is 12.0 Å². The van der Waals surface area contributed by atoms with Crippen molar-refractivity contribution in [2.75, 3.05) is 19.7 Å². The third-order valence-electron chi connectivity index (χ3n) is 5.32. The highest BCUT2D eigenvalue weighted by atomic mass is 19.4. The number of fused-ring (bicyclic) bond motifs is 1. The number of nitrogens with one attached hydrogen (secondary N) is 1. The summed E-state index contributed by atoms with van der Waals surface area (Å²) in [7, 11) is 0. The van der Waals surface area contributed by atoms with Crippen molar-refractivity contribution < 1.29 is 27.5 Å². The van der Waals surface area contributed by atoms with Crippen molar-refractivity contribution in [2.45, 2.75) is 44.3 Å². The van der Waals surface area contributed by atoms with Gasteiger partial charge in [0.2, 0.25) is 0 Å². The van der Waals surface area contributed by atoms with Crippen molar-refractivity contribution in [1.29, 1.82) is 0 Å². The predicted octanol–water partition coefficient (Wildman–Crippen LogP) is 3.84. The number of amides is 2. The van der Waals surface area contributed by atoms with Gasteiger partial charge in [-0.1, -0.05) is 12.5 Å². The summed E-state index contributed by atoms with van der Waals surface area (Å²) in [4.78, 5) is 26.4. The summed E-state index contributed by atoms with van der Waals surface area (Å²) in [5, 5.41) is 2.01. The standard InChI is InChI=1S/C19H23F3N2O3/c20-19(21,22)15-7-3-5-13(11-15)17(25)23-18(26)27-12-14-6-4-10-24-9-2-1-8-16(14)24/h3,5,7,11,14,16H,1-2,4,6,8-10,12H2,(H,23,25,26)/t14-,16?/m0/s1. The first-order valence-corrected chi connectivity index (χ1v) is 9.24. The molecule has 0 radical (unpaired) electrons. The Bertz CT molecular complexity index is 691. The highest BCUT2D eigenvalue weighted by molar-refractivity contribution is 6.02. The molecule has 2 amide bonds. The fourth-order valence-electron chi connectivity index (χ4n) is 3.99. The molecule has 8 heteroatoms. The Morgan fingerprint density at radius 2 is 1.93 bits per heavy atom. The number of carbonyl (C=O) groups is 2. The van der Waals surface area contributed by atoms with E-state index in [1.165, 1.54) is 12.5 Å². The molecule has 1 unspecified atom stereocenters. The van der Waals surface area contributed by atoms with Gasteiger partial charge in [0.1, 0.15) is 0 Å². The third-order valence-corrected chi connectivity index (χ3v) is 5.32. The van der Waals surface area contributed by atoms with Crippen LogP contribution in [0.3, 0.4) is 0 Å². The van der Waals surface area contributed by atoms with Crippen LogP contribution in [0, 0.1) is 5.92 Å². The predicted molar refractivity (Wildman–Crippen MR) is 92.2 cm³/mol. The number of ether oxygens (including phenoxy) is 1. The number of imide groups is 1. The summed E-state index contributed by atoms with van der Waals surface area (Å²) in [5.74, 6) is -0.678. The second-order valence-electron chi connectivity index (χ2n) is 7.13. The van der Waals surface area contributed by atoms with E-state index in [9.17, 15) is 22.8 Å². The lowest BCUT2D eigenvalue weighted by Crippen LogP contribution is -2.49. The molecular weight excluding hydrogens is 361 g/mol. The van der Waals surface area contributed by atoms with Crippen molar-refractivity contribution in [2.24, 2.45) is 5.92 Å². The van der Waals surface area contributed by atoms with E-state index >= 15 is 0 Å². The maximum absolute atomic E-state index is 12.7. The Hall–Kier alpha value is -2.09. The van der Waals surface area contributed by atoms with Crippen LogP contribution in [0.5, 0.6) is 0 Å². The lowest BCUT2D eigenvalue weighted by molar-refractivity contribution is -0.137. The third kappa shape index (κ3) is 5.00. The number of rotatable bonds is 3. The van der Waals surface area contributed by atoms with Crippen LogP contribution in [-0.4, -0.2) is 42.6 Å². The Labute approximate surface area is 155 Å². The first-order chi connectivity index (χ1) is 12.8. The van der Waals surface area contributed by atoms with Crippen LogP contribution in [0.25, 0.3) is 0 Å². The molecule has 3 rings (SSSR count). The Kier molecular flexibility index (Phi) is 6.04. The second kappa shape index (κ2) is 8.29. The van der Waals surface area contributed by atoms with E-state index < -0.39 is 23.7 Å². The number of alkyl carbamates (subject to hydrolysis) is 1. The Morgan fingerprint density at radius 3 is 2.70 bits per heavy atom. The van der Waals surface area contributed by atoms with E-state index in [2.05, 4.69) is 4.90 Å². The molecule has 1 N–H and O–H groups in total. The number of nitrogens with zero attached hydrogens (tertiary/aromatic N) is 1. The van der Waals surface area contributed by atoms with E-state index in [4.69, 9.17) is 4.74 Å². The van der Waals surface area contributed by atoms with Gasteiger partial charge in [0.25, 0.3) is 5.91 Å². The summed E-state index contributed by atoms with van der Waals surface area (Å²) >= 11 is 0. The average Bonchev–Trinajstić information content (AvgIpc) is 2.65. The molecule has 5 nitrogen and oxygen atoms in total. The zero-order valence-electron chi connectivity index (χ0n) is 14.9. The van der Waals surface area contributed by atoms with Crippen molar-refractivity contribution in [3.05, 3.63) is 35.4 Å². The van der Waals surface area contributed by atoms with Gasteiger partial charge < -0.3 is 4.74 Å². The van der Waals surface area contributed by atoms with Crippen LogP contribution in [0.2, 0.25) is 0 Å². The maximum Gasteiger partial charge on any atom is 0.416 e. The molecule has 0 aliphatic carbocycles. The normalized spacial score (nSPS) is 23.4. The van der Waals surface area contributed by atoms with E-state index in [-0.39, 0.29) is 18.1 Å². The molecule has 0 aromatic heterocycles. The summed E-state index contributed by atoms with van der Waals surface area (Å²) in [6.45, 7) is 2.35. The van der Waals surface area contributed by atoms with Crippen LogP contribution < -0.4 is 5.32 Å². The molecule has 2 heterocycles. The Morgan fingerprint density at radius 1 is 1.15 bits per heavy atom. The minimum atomic E-state index is -4.55. The zero-order chi connectivity index (χ0) is 19.4. The average molecular weight is 384 g/mol. The number of benzene rings is 1. The highest BCUT2D eigenvalue weighted by Crippen LogP contribution is 2.31. The largest absolute Gasteiger partial charge is 0.449 e. The van der Waals surface area contributed by atoms with Crippen LogP contribution in [-0.2, 0) is 10.9 Å². The fourth-order valence-corrected chi connectivity index (χ4v) is 3.99. The molecule has 0 saturated carbocycles. The molecule has 1 aromatic rings. The van der Waals surface area contributed by atoms with Gasteiger partial charge in [0, 0.05) is 17.5 Å². The smallest absolute Gasteiger partial charge is 0.416 e. The number of carbonyl (C=O) groups excluding carboxylic acids is 2. The minimum absolute atomic E-state index is 0.211. The monoisotopic (exact) mass is 384 g/mol. The molecule has 0 bridgehead atoms. The molecule has 1 aromatic carbocycles. The summed E-state index contributed by atoms with van der Waals surface area (Å²) in [6.07, 6.45) is -0.0211. The van der Waals surface area contributed by atoms with Crippen molar-refractivity contribution in [1.82, 2.24) is 10.2 Å². The van der Waals surface area contributed by atoms with Crippen molar-refractivity contribution in [3.8, 4) is 0 Å². The topological polar surface area (TPSA) is 58.6 Å². The molecule has 2 aliphatic heterocycles. The summed E-state index contributed by atoms with van der Waals surface area (Å²) < 4.78 is 43.4. The van der Waals surface area contributed by atoms with Gasteiger partial charge in [-0.25, -0.2) is 4.79 Å². The second-order valence-corrected chi connectivity index (χ2v) is 7.13. The fraction of sp³-hybridized carbons (Fsp3) is 0.579. The van der Waals surface area contributed by atoms with E-state index in [1.54, 1.807) is 0 Å². The molecule has 2 fully saturated rings. The van der Waals surface area contributed by atoms with E-state index in [0.717, 1.165) is 50.9 Å². The number of piperidine rings is 2. The van der Waals surface area contributed by atoms with Crippen LogP contribution >= 0.6 is 0 Å². The summed E-state index contributed by atoms with van der Waals surface area (Å²) in [5.41, 5.74) is -1.18. The van der Waals surface area contributed by atoms with Gasteiger partial charge in [-0.15, -0.1) is 0 Å². The molecule has 27 heavy (non-hydrogen) atoms. The number of hydrogen-bond acceptors (Lipinski definition) is 4. The molecule has 2 atom stereocenters. The summed E-state index contributed by atoms with van der Waals surface area (Å²) in [6, 6.07) is 4.33. The SMILES string of the molecule is O=C(NC(=O)c1cccc(C(F)(F)F)c1)OC[C@@H]1CCCN2CCCCC12. The Balaban J connectivity index is 1.52. The molecular formula is C19H23F3N2O3. The van der Waals surface area contributed by atoms with E-state index in [0.29, 0.717) is 12.1 Å². The van der Waals surface area contributed by atoms with Crippen molar-refractivity contribution in [3.63, 3.8) is 0 Å². The minimum Gasteiger partial charge on any atom is -0.449 e. The van der Waals surface area contributed by atoms with Gasteiger partial charge >= 0.3 is 12.3 Å². The van der Waals surface area contributed by atoms with Gasteiger partial charge in [0.15, 0.2) is 0 Å². The molecule has 0 spiro atoms. The first kappa shape index (κ1) is 19.7. The quantitative estimate of drug-likeness (QED) is 0.860. The highest BCUT2D eigenvalue weighted by Gasteiger charge is 2.34. The molecule has 148 valence electrons. The van der Waals surface area contributed by atoms with E-state index in [1.807, 2.05) is 5.32 Å². The lowest BCUT2D eigenvalue weighted by Gasteiger charge is -2.44. The number of halogens is 3. The van der Waals surface area contributed by atoms with Gasteiger partial charge in [0.05, 0.1) is 12.2 Å². The molecule has 2 aliphatic rings. The number of hydrogen-bond donors (Lipinski definition) is 1. The maximum atomic E-state index is 12.7. The number of alkyl halides is 3. The van der Waals surface area contributed by atoms with Crippen LogP contribution in [0.1, 0.15) is 48.0 Å².